The Morgan fingerprint density at radius 1 is 1.04 bits per heavy atom. The number of allylic oxidation sites excluding steroid dienone is 1. The van der Waals surface area contributed by atoms with E-state index in [9.17, 15) is 9.59 Å². The molecule has 0 aromatic carbocycles. The van der Waals surface area contributed by atoms with Crippen molar-refractivity contribution in [1.82, 2.24) is 0 Å². The van der Waals surface area contributed by atoms with E-state index in [0.717, 1.165) is 12.3 Å². The molecule has 3 atom stereocenters. The van der Waals surface area contributed by atoms with E-state index in [0.29, 0.717) is 22.3 Å². The van der Waals surface area contributed by atoms with Crippen LogP contribution in [0.5, 0.6) is 0 Å². The second-order valence-electron chi connectivity index (χ2n) is 8.74. The molecule has 2 fully saturated rings. The molecule has 2 rings (SSSR count). The topological polar surface area (TPSA) is 52.6 Å². The molecule has 2 aliphatic rings. The summed E-state index contributed by atoms with van der Waals surface area (Å²) in [6.07, 6.45) is 10.4. The molecule has 0 radical (unpaired) electrons. The number of carbonyl (C=O) groups is 2. The van der Waals surface area contributed by atoms with Crippen LogP contribution in [-0.2, 0) is 19.1 Å². The number of rotatable bonds is 5. The summed E-state index contributed by atoms with van der Waals surface area (Å²) in [7, 11) is 2.70. The maximum Gasteiger partial charge on any atom is 0.333 e. The lowest BCUT2D eigenvalue weighted by atomic mass is 9.48. The van der Waals surface area contributed by atoms with Gasteiger partial charge in [-0.25, -0.2) is 4.79 Å². The average molecular weight is 350 g/mol. The maximum absolute atomic E-state index is 12.0. The quantitative estimate of drug-likeness (QED) is 0.534. The highest BCUT2D eigenvalue weighted by Crippen LogP contribution is 2.60. The smallest absolute Gasteiger partial charge is 0.333 e. The molecule has 0 aromatic heterocycles. The number of methoxy groups -OCH3 is 2. The molecule has 3 unspecified atom stereocenters. The standard InChI is InChI=1S/C21H34O4/c1-20(2)12-7-13-21(3)16(8-6-9-17(20)21)11-10-15(19(23)25-5)14-18(22)24-4/h10,16-17H,6-9,11-14H2,1-5H3. The van der Waals surface area contributed by atoms with Gasteiger partial charge in [0.05, 0.1) is 20.6 Å². The summed E-state index contributed by atoms with van der Waals surface area (Å²) < 4.78 is 9.56. The molecule has 25 heavy (non-hydrogen) atoms. The fourth-order valence-corrected chi connectivity index (χ4v) is 5.53. The molecule has 0 spiro atoms. The fourth-order valence-electron chi connectivity index (χ4n) is 5.53. The van der Waals surface area contributed by atoms with Gasteiger partial charge in [-0.1, -0.05) is 39.7 Å². The van der Waals surface area contributed by atoms with E-state index in [1.807, 2.05) is 6.08 Å². The molecule has 4 heteroatoms. The Balaban J connectivity index is 2.18. The lowest BCUT2D eigenvalue weighted by molar-refractivity contribution is -0.143. The summed E-state index contributed by atoms with van der Waals surface area (Å²) in [5, 5.41) is 0. The second-order valence-corrected chi connectivity index (χ2v) is 8.74. The van der Waals surface area contributed by atoms with E-state index in [4.69, 9.17) is 9.47 Å². The first-order valence-electron chi connectivity index (χ1n) is 9.58. The summed E-state index contributed by atoms with van der Waals surface area (Å²) in [5.74, 6) is 0.473. The SMILES string of the molecule is COC(=O)CC(=CCC1CCCC2C(C)(C)CCCC12C)C(=O)OC. The summed E-state index contributed by atoms with van der Waals surface area (Å²) >= 11 is 0. The highest BCUT2D eigenvalue weighted by molar-refractivity contribution is 5.93. The predicted octanol–water partition coefficient (Wildman–Crippen LogP) is 4.67. The van der Waals surface area contributed by atoms with Gasteiger partial charge < -0.3 is 9.47 Å². The molecule has 0 bridgehead atoms. The maximum atomic E-state index is 12.0. The summed E-state index contributed by atoms with van der Waals surface area (Å²) in [6.45, 7) is 7.29. The van der Waals surface area contributed by atoms with Crippen molar-refractivity contribution in [3.05, 3.63) is 11.6 Å². The first kappa shape index (κ1) is 20.0. The first-order chi connectivity index (χ1) is 11.7. The molecular weight excluding hydrogens is 316 g/mol. The highest BCUT2D eigenvalue weighted by atomic mass is 16.5. The predicted molar refractivity (Wildman–Crippen MR) is 97.9 cm³/mol. The van der Waals surface area contributed by atoms with Gasteiger partial charge in [-0.05, 0) is 54.8 Å². The fraction of sp³-hybridized carbons (Fsp3) is 0.810. The van der Waals surface area contributed by atoms with Gasteiger partial charge in [0.2, 0.25) is 0 Å². The van der Waals surface area contributed by atoms with Crippen LogP contribution in [0.25, 0.3) is 0 Å². The Labute approximate surface area is 152 Å². The highest BCUT2D eigenvalue weighted by Gasteiger charge is 2.51. The van der Waals surface area contributed by atoms with E-state index in [-0.39, 0.29) is 6.42 Å². The second kappa shape index (κ2) is 7.92. The molecule has 0 N–H and O–H groups in total. The minimum absolute atomic E-state index is 0.0124. The van der Waals surface area contributed by atoms with Crippen LogP contribution < -0.4 is 0 Å². The zero-order chi connectivity index (χ0) is 18.7. The van der Waals surface area contributed by atoms with Crippen molar-refractivity contribution in [3.63, 3.8) is 0 Å². The zero-order valence-electron chi connectivity index (χ0n) is 16.5. The van der Waals surface area contributed by atoms with E-state index >= 15 is 0 Å². The Morgan fingerprint density at radius 2 is 1.76 bits per heavy atom. The Kier molecular flexibility index (Phi) is 6.34. The van der Waals surface area contributed by atoms with Gasteiger partial charge in [0.1, 0.15) is 0 Å². The number of ether oxygens (including phenoxy) is 2. The van der Waals surface area contributed by atoms with Crippen LogP contribution in [0.4, 0.5) is 0 Å². The summed E-state index contributed by atoms with van der Waals surface area (Å²) in [5.41, 5.74) is 1.14. The lowest BCUT2D eigenvalue weighted by Crippen LogP contribution is -2.48. The number of hydrogen-bond donors (Lipinski definition) is 0. The molecule has 2 aliphatic carbocycles. The van der Waals surface area contributed by atoms with Gasteiger partial charge in [-0.2, -0.15) is 0 Å². The Morgan fingerprint density at radius 3 is 2.40 bits per heavy atom. The van der Waals surface area contributed by atoms with Crippen molar-refractivity contribution >= 4 is 11.9 Å². The minimum Gasteiger partial charge on any atom is -0.469 e. The lowest BCUT2D eigenvalue weighted by Gasteiger charge is -2.57. The molecular formula is C21H34O4. The van der Waals surface area contributed by atoms with Gasteiger partial charge in [0.15, 0.2) is 0 Å². The van der Waals surface area contributed by atoms with Gasteiger partial charge in [-0.3, -0.25) is 4.79 Å². The van der Waals surface area contributed by atoms with Crippen molar-refractivity contribution in [2.75, 3.05) is 14.2 Å². The van der Waals surface area contributed by atoms with Crippen LogP contribution in [0.2, 0.25) is 0 Å². The van der Waals surface area contributed by atoms with Crippen molar-refractivity contribution in [2.45, 2.75) is 72.1 Å². The van der Waals surface area contributed by atoms with E-state index in [2.05, 4.69) is 20.8 Å². The third kappa shape index (κ3) is 4.27. The minimum atomic E-state index is -0.424. The first-order valence-corrected chi connectivity index (χ1v) is 9.58. The van der Waals surface area contributed by atoms with Crippen LogP contribution in [0.3, 0.4) is 0 Å². The Bertz CT molecular complexity index is 534. The molecule has 0 heterocycles. The van der Waals surface area contributed by atoms with Crippen molar-refractivity contribution in [1.29, 1.82) is 0 Å². The monoisotopic (exact) mass is 350 g/mol. The zero-order valence-corrected chi connectivity index (χ0v) is 16.5. The molecule has 0 aromatic rings. The summed E-state index contributed by atoms with van der Waals surface area (Å²) in [4.78, 5) is 23.6. The number of hydrogen-bond acceptors (Lipinski definition) is 4. The van der Waals surface area contributed by atoms with E-state index < -0.39 is 11.9 Å². The molecule has 142 valence electrons. The van der Waals surface area contributed by atoms with Gasteiger partial charge in [0.25, 0.3) is 0 Å². The van der Waals surface area contributed by atoms with Gasteiger partial charge in [0, 0.05) is 5.57 Å². The Hall–Kier alpha value is -1.32. The normalized spacial score (nSPS) is 31.8. The van der Waals surface area contributed by atoms with Crippen molar-refractivity contribution in [2.24, 2.45) is 22.7 Å². The van der Waals surface area contributed by atoms with Crippen LogP contribution in [0, 0.1) is 22.7 Å². The van der Waals surface area contributed by atoms with Crippen molar-refractivity contribution in [3.8, 4) is 0 Å². The molecule has 0 amide bonds. The van der Waals surface area contributed by atoms with Gasteiger partial charge in [-0.15, -0.1) is 0 Å². The van der Waals surface area contributed by atoms with Crippen LogP contribution >= 0.6 is 0 Å². The third-order valence-electron chi connectivity index (χ3n) is 6.91. The number of carbonyl (C=O) groups excluding carboxylic acids is 2. The molecule has 2 saturated carbocycles. The number of fused-ring (bicyclic) bond motifs is 1. The summed E-state index contributed by atoms with van der Waals surface area (Å²) in [6, 6.07) is 0. The molecule has 0 aliphatic heterocycles. The van der Waals surface area contributed by atoms with E-state index in [1.54, 1.807) is 0 Å². The van der Waals surface area contributed by atoms with E-state index in [1.165, 1.54) is 52.7 Å². The molecule has 0 saturated heterocycles. The third-order valence-corrected chi connectivity index (χ3v) is 6.91. The molecule has 4 nitrogen and oxygen atoms in total. The number of esters is 2. The van der Waals surface area contributed by atoms with Crippen LogP contribution in [0.1, 0.15) is 72.1 Å². The largest absolute Gasteiger partial charge is 0.469 e. The van der Waals surface area contributed by atoms with Crippen molar-refractivity contribution < 1.29 is 19.1 Å². The van der Waals surface area contributed by atoms with Crippen LogP contribution in [-0.4, -0.2) is 26.2 Å². The van der Waals surface area contributed by atoms with Gasteiger partial charge >= 0.3 is 11.9 Å². The average Bonchev–Trinajstić information content (AvgIpc) is 2.57. The van der Waals surface area contributed by atoms with Crippen LogP contribution in [0.15, 0.2) is 11.6 Å².